The predicted molar refractivity (Wildman–Crippen MR) is 82.5 cm³/mol. The van der Waals surface area contributed by atoms with E-state index >= 15 is 0 Å². The van der Waals surface area contributed by atoms with Crippen molar-refractivity contribution in [3.63, 3.8) is 0 Å². The van der Waals surface area contributed by atoms with E-state index in [1.807, 2.05) is 15.8 Å². The third-order valence-corrected chi connectivity index (χ3v) is 5.71. The minimum Gasteiger partial charge on any atom is -0.396 e. The molecule has 3 aliphatic rings. The number of hydrogen-bond donors (Lipinski definition) is 2. The van der Waals surface area contributed by atoms with Crippen LogP contribution >= 0.6 is 0 Å². The fourth-order valence-electron chi connectivity index (χ4n) is 4.23. The lowest BCUT2D eigenvalue weighted by atomic mass is 9.90. The van der Waals surface area contributed by atoms with Crippen LogP contribution in [-0.2, 0) is 0 Å². The molecule has 6 nitrogen and oxygen atoms in total. The van der Waals surface area contributed by atoms with Crippen molar-refractivity contribution in [1.29, 1.82) is 0 Å². The van der Waals surface area contributed by atoms with E-state index in [2.05, 4.69) is 17.3 Å². The van der Waals surface area contributed by atoms with E-state index in [1.165, 1.54) is 12.8 Å². The van der Waals surface area contributed by atoms with Crippen LogP contribution < -0.4 is 5.32 Å². The molecule has 4 atom stereocenters. The van der Waals surface area contributed by atoms with E-state index in [1.54, 1.807) is 6.20 Å². The zero-order valence-corrected chi connectivity index (χ0v) is 13.0. The summed E-state index contributed by atoms with van der Waals surface area (Å²) in [6, 6.07) is 0.868. The number of nitrogens with zero attached hydrogens (tertiary/aromatic N) is 3. The number of aliphatic hydroxyl groups is 1. The van der Waals surface area contributed by atoms with Crippen LogP contribution in [0.5, 0.6) is 0 Å². The van der Waals surface area contributed by atoms with Gasteiger partial charge in [-0.05, 0) is 44.9 Å². The Labute approximate surface area is 130 Å². The summed E-state index contributed by atoms with van der Waals surface area (Å²) < 4.78 is 1.96. The molecule has 6 heteroatoms. The molecule has 0 radical (unpaired) electrons. The molecule has 0 spiro atoms. The number of aliphatic hydroxyl groups excluding tert-OH is 1. The van der Waals surface area contributed by atoms with Crippen LogP contribution in [-0.4, -0.2) is 44.5 Å². The first-order valence-electron chi connectivity index (χ1n) is 8.41. The van der Waals surface area contributed by atoms with Crippen molar-refractivity contribution in [3.05, 3.63) is 12.4 Å². The Kier molecular flexibility index (Phi) is 3.36. The number of amides is 2. The summed E-state index contributed by atoms with van der Waals surface area (Å²) in [6.45, 7) is 2.37. The smallest absolute Gasteiger partial charge is 0.322 e. The maximum Gasteiger partial charge on any atom is 0.322 e. The molecular formula is C16H24N4O2. The van der Waals surface area contributed by atoms with E-state index in [9.17, 15) is 9.90 Å². The first kappa shape index (κ1) is 14.1. The zero-order chi connectivity index (χ0) is 15.3. The van der Waals surface area contributed by atoms with Crippen LogP contribution in [0.2, 0.25) is 0 Å². The Morgan fingerprint density at radius 3 is 2.95 bits per heavy atom. The van der Waals surface area contributed by atoms with Gasteiger partial charge in [-0.25, -0.2) is 4.79 Å². The molecule has 2 bridgehead atoms. The van der Waals surface area contributed by atoms with Gasteiger partial charge in [-0.1, -0.05) is 0 Å². The number of hydrogen-bond acceptors (Lipinski definition) is 3. The van der Waals surface area contributed by atoms with Crippen molar-refractivity contribution in [2.45, 2.75) is 57.2 Å². The van der Waals surface area contributed by atoms with Crippen LogP contribution in [0.15, 0.2) is 12.4 Å². The van der Waals surface area contributed by atoms with Gasteiger partial charge in [0.2, 0.25) is 0 Å². The molecule has 22 heavy (non-hydrogen) atoms. The van der Waals surface area contributed by atoms with Gasteiger partial charge in [0.15, 0.2) is 0 Å². The van der Waals surface area contributed by atoms with Gasteiger partial charge >= 0.3 is 6.03 Å². The van der Waals surface area contributed by atoms with Crippen molar-refractivity contribution in [2.24, 2.45) is 11.8 Å². The molecule has 1 aromatic heterocycles. The largest absolute Gasteiger partial charge is 0.396 e. The number of carbonyl (C=O) groups is 1. The van der Waals surface area contributed by atoms with Crippen molar-refractivity contribution >= 4 is 11.7 Å². The highest BCUT2D eigenvalue weighted by Crippen LogP contribution is 2.42. The third-order valence-electron chi connectivity index (χ3n) is 5.71. The molecule has 3 heterocycles. The van der Waals surface area contributed by atoms with Gasteiger partial charge in [0, 0.05) is 30.8 Å². The number of urea groups is 1. The summed E-state index contributed by atoms with van der Waals surface area (Å²) in [5.41, 5.74) is 0.768. The highest BCUT2D eigenvalue weighted by molar-refractivity contribution is 5.90. The second-order valence-corrected chi connectivity index (χ2v) is 7.10. The van der Waals surface area contributed by atoms with Crippen molar-refractivity contribution < 1.29 is 9.90 Å². The van der Waals surface area contributed by atoms with Crippen LogP contribution in [0.1, 0.15) is 45.1 Å². The fourth-order valence-corrected chi connectivity index (χ4v) is 4.23. The molecule has 120 valence electrons. The highest BCUT2D eigenvalue weighted by Gasteiger charge is 2.48. The van der Waals surface area contributed by atoms with Gasteiger partial charge in [-0.15, -0.1) is 0 Å². The number of carbonyl (C=O) groups excluding carboxylic acids is 1. The Bertz CT molecular complexity index is 568. The SMILES string of the molecule is CC(C1CC1)n1cc(NC(=O)N2C3CCC2C(CO)C3)cn1. The van der Waals surface area contributed by atoms with Crippen molar-refractivity contribution in [2.75, 3.05) is 11.9 Å². The summed E-state index contributed by atoms with van der Waals surface area (Å²) in [5.74, 6) is 0.991. The maximum atomic E-state index is 12.6. The lowest BCUT2D eigenvalue weighted by molar-refractivity contribution is 0.177. The standard InChI is InChI=1S/C16H24N4O2/c1-10(11-2-3-11)19-8-13(7-17-19)18-16(22)20-14-4-5-15(20)12(6-14)9-21/h7-8,10-12,14-15,21H,2-6,9H2,1H3,(H,18,22). The molecule has 2 aliphatic heterocycles. The van der Waals surface area contributed by atoms with Gasteiger partial charge < -0.3 is 15.3 Å². The molecule has 0 aromatic carbocycles. The molecule has 2 saturated heterocycles. The molecule has 2 amide bonds. The van der Waals surface area contributed by atoms with Crippen molar-refractivity contribution in [1.82, 2.24) is 14.7 Å². The number of aromatic nitrogens is 2. The lowest BCUT2D eigenvalue weighted by Gasteiger charge is -2.23. The normalized spacial score (nSPS) is 31.5. The van der Waals surface area contributed by atoms with Gasteiger partial charge in [0.05, 0.1) is 17.9 Å². The van der Waals surface area contributed by atoms with Gasteiger partial charge in [-0.3, -0.25) is 4.68 Å². The minimum absolute atomic E-state index is 0.0397. The van der Waals surface area contributed by atoms with Gasteiger partial charge in [-0.2, -0.15) is 5.10 Å². The Balaban J connectivity index is 1.42. The van der Waals surface area contributed by atoms with E-state index in [0.29, 0.717) is 12.1 Å². The van der Waals surface area contributed by atoms with Gasteiger partial charge in [0.1, 0.15) is 0 Å². The summed E-state index contributed by atoms with van der Waals surface area (Å²) >= 11 is 0. The Morgan fingerprint density at radius 1 is 1.45 bits per heavy atom. The number of anilines is 1. The highest BCUT2D eigenvalue weighted by atomic mass is 16.3. The molecule has 2 N–H and O–H groups in total. The van der Waals surface area contributed by atoms with Crippen molar-refractivity contribution in [3.8, 4) is 0 Å². The van der Waals surface area contributed by atoms with E-state index < -0.39 is 0 Å². The molecule has 4 unspecified atom stereocenters. The quantitative estimate of drug-likeness (QED) is 0.896. The van der Waals surface area contributed by atoms with Crippen LogP contribution in [0, 0.1) is 11.8 Å². The minimum atomic E-state index is -0.0397. The predicted octanol–water partition coefficient (Wildman–Crippen LogP) is 2.23. The molecule has 4 rings (SSSR count). The summed E-state index contributed by atoms with van der Waals surface area (Å²) in [5, 5.41) is 16.8. The fraction of sp³-hybridized carbons (Fsp3) is 0.750. The summed E-state index contributed by atoms with van der Waals surface area (Å²) in [4.78, 5) is 14.5. The summed E-state index contributed by atoms with van der Waals surface area (Å²) in [6.07, 6.45) is 9.24. The van der Waals surface area contributed by atoms with E-state index in [4.69, 9.17) is 0 Å². The van der Waals surface area contributed by atoms with E-state index in [-0.39, 0.29) is 24.6 Å². The third kappa shape index (κ3) is 2.29. The first-order chi connectivity index (χ1) is 10.7. The topological polar surface area (TPSA) is 70.4 Å². The van der Waals surface area contributed by atoms with E-state index in [0.717, 1.165) is 30.9 Å². The molecule has 3 fully saturated rings. The number of fused-ring (bicyclic) bond motifs is 2. The average molecular weight is 304 g/mol. The number of nitrogens with one attached hydrogen (secondary N) is 1. The lowest BCUT2D eigenvalue weighted by Crippen LogP contribution is -2.39. The average Bonchev–Trinajstić information content (AvgIpc) is 2.99. The monoisotopic (exact) mass is 304 g/mol. The molecular weight excluding hydrogens is 280 g/mol. The second kappa shape index (κ2) is 5.26. The number of rotatable bonds is 4. The zero-order valence-electron chi connectivity index (χ0n) is 13.0. The van der Waals surface area contributed by atoms with Crippen LogP contribution in [0.25, 0.3) is 0 Å². The summed E-state index contributed by atoms with van der Waals surface area (Å²) in [7, 11) is 0. The van der Waals surface area contributed by atoms with Crippen LogP contribution in [0.3, 0.4) is 0 Å². The van der Waals surface area contributed by atoms with Gasteiger partial charge in [0.25, 0.3) is 0 Å². The molecule has 1 saturated carbocycles. The molecule has 1 aliphatic carbocycles. The second-order valence-electron chi connectivity index (χ2n) is 7.10. The molecule has 1 aromatic rings. The first-order valence-corrected chi connectivity index (χ1v) is 8.41. The Morgan fingerprint density at radius 2 is 2.27 bits per heavy atom. The van der Waals surface area contributed by atoms with Crippen LogP contribution in [0.4, 0.5) is 10.5 Å². The maximum absolute atomic E-state index is 12.6. The Hall–Kier alpha value is -1.56.